The molecule has 108 valence electrons. The van der Waals surface area contributed by atoms with Crippen molar-refractivity contribution in [3.8, 4) is 18.1 Å². The minimum absolute atomic E-state index is 0.0641. The smallest absolute Gasteiger partial charge is 0.387 e. The summed E-state index contributed by atoms with van der Waals surface area (Å²) in [7, 11) is 1.20. The highest BCUT2D eigenvalue weighted by atomic mass is 19.3. The molecule has 0 fully saturated rings. The van der Waals surface area contributed by atoms with Gasteiger partial charge in [-0.05, 0) is 13.0 Å². The van der Waals surface area contributed by atoms with Crippen molar-refractivity contribution in [2.24, 2.45) is 0 Å². The number of carbonyl (C=O) groups excluding carboxylic acids is 1. The van der Waals surface area contributed by atoms with E-state index in [0.717, 1.165) is 0 Å². The standard InChI is InChI=1S/C14H15F2NO3/c1-4-9-17-14(2,12(18)19-3)10-7-5-6-8-11(10)20-13(15)16/h1,5-8,13,17H,9H2,2-3H3. The number of ether oxygens (including phenoxy) is 2. The number of carbonyl (C=O) groups is 1. The number of hydrogen-bond donors (Lipinski definition) is 1. The number of methoxy groups -OCH3 is 1. The molecule has 0 aliphatic carbocycles. The van der Waals surface area contributed by atoms with E-state index < -0.39 is 18.1 Å². The first-order valence-corrected chi connectivity index (χ1v) is 5.77. The predicted molar refractivity (Wildman–Crippen MR) is 69.3 cm³/mol. The van der Waals surface area contributed by atoms with Crippen molar-refractivity contribution in [3.05, 3.63) is 29.8 Å². The molecule has 0 saturated heterocycles. The summed E-state index contributed by atoms with van der Waals surface area (Å²) in [4.78, 5) is 12.0. The summed E-state index contributed by atoms with van der Waals surface area (Å²) in [6.45, 7) is -1.44. The molecule has 0 aromatic heterocycles. The Bertz CT molecular complexity index is 513. The lowest BCUT2D eigenvalue weighted by atomic mass is 9.91. The van der Waals surface area contributed by atoms with Gasteiger partial charge in [0.05, 0.1) is 13.7 Å². The number of halogens is 2. The van der Waals surface area contributed by atoms with Crippen LogP contribution in [0.1, 0.15) is 12.5 Å². The van der Waals surface area contributed by atoms with Crippen LogP contribution in [-0.2, 0) is 15.1 Å². The molecule has 1 N–H and O–H groups in total. The summed E-state index contributed by atoms with van der Waals surface area (Å²) in [6, 6.07) is 5.98. The Balaban J connectivity index is 3.27. The Morgan fingerprint density at radius 2 is 2.15 bits per heavy atom. The van der Waals surface area contributed by atoms with Gasteiger partial charge in [-0.2, -0.15) is 8.78 Å². The number of nitrogens with one attached hydrogen (secondary N) is 1. The van der Waals surface area contributed by atoms with Crippen molar-refractivity contribution < 1.29 is 23.0 Å². The van der Waals surface area contributed by atoms with Crippen molar-refractivity contribution in [1.82, 2.24) is 5.32 Å². The number of alkyl halides is 2. The Morgan fingerprint density at radius 1 is 1.50 bits per heavy atom. The van der Waals surface area contributed by atoms with Crippen molar-refractivity contribution in [3.63, 3.8) is 0 Å². The maximum absolute atomic E-state index is 12.4. The van der Waals surface area contributed by atoms with Gasteiger partial charge in [-0.1, -0.05) is 24.1 Å². The number of para-hydroxylation sites is 1. The lowest BCUT2D eigenvalue weighted by molar-refractivity contribution is -0.148. The third-order valence-corrected chi connectivity index (χ3v) is 2.78. The van der Waals surface area contributed by atoms with E-state index in [4.69, 9.17) is 11.2 Å². The molecule has 6 heteroatoms. The van der Waals surface area contributed by atoms with Crippen molar-refractivity contribution >= 4 is 5.97 Å². The second kappa shape index (κ2) is 6.87. The Kier molecular flexibility index (Phi) is 5.47. The van der Waals surface area contributed by atoms with Gasteiger partial charge < -0.3 is 9.47 Å². The highest BCUT2D eigenvalue weighted by Gasteiger charge is 2.38. The third kappa shape index (κ3) is 3.45. The second-order valence-corrected chi connectivity index (χ2v) is 4.05. The quantitative estimate of drug-likeness (QED) is 0.640. The molecule has 1 unspecified atom stereocenters. The van der Waals surface area contributed by atoms with Gasteiger partial charge in [0.1, 0.15) is 11.3 Å². The lowest BCUT2D eigenvalue weighted by Gasteiger charge is -2.29. The molecule has 0 spiro atoms. The highest BCUT2D eigenvalue weighted by Crippen LogP contribution is 2.31. The summed E-state index contributed by atoms with van der Waals surface area (Å²) in [5, 5.41) is 2.79. The SMILES string of the molecule is C#CCNC(C)(C(=O)OC)c1ccccc1OC(F)F. The third-order valence-electron chi connectivity index (χ3n) is 2.78. The summed E-state index contributed by atoms with van der Waals surface area (Å²) in [6.07, 6.45) is 5.16. The Labute approximate surface area is 116 Å². The van der Waals surface area contributed by atoms with Gasteiger partial charge >= 0.3 is 12.6 Å². The van der Waals surface area contributed by atoms with Crippen molar-refractivity contribution in [2.45, 2.75) is 19.1 Å². The van der Waals surface area contributed by atoms with E-state index in [1.165, 1.54) is 32.2 Å². The van der Waals surface area contributed by atoms with Gasteiger partial charge in [0.2, 0.25) is 0 Å². The largest absolute Gasteiger partial charge is 0.467 e. The summed E-state index contributed by atoms with van der Waals surface area (Å²) in [5.41, 5.74) is -1.16. The van der Waals surface area contributed by atoms with Crippen LogP contribution < -0.4 is 10.1 Å². The fraction of sp³-hybridized carbons (Fsp3) is 0.357. The van der Waals surface area contributed by atoms with E-state index in [2.05, 4.69) is 16.0 Å². The minimum Gasteiger partial charge on any atom is -0.467 e. The fourth-order valence-corrected chi connectivity index (χ4v) is 1.79. The van der Waals surface area contributed by atoms with Gasteiger partial charge in [-0.15, -0.1) is 6.42 Å². The van der Waals surface area contributed by atoms with E-state index in [0.29, 0.717) is 0 Å². The van der Waals surface area contributed by atoms with Crippen molar-refractivity contribution in [2.75, 3.05) is 13.7 Å². The first kappa shape index (κ1) is 15.9. The maximum Gasteiger partial charge on any atom is 0.387 e. The molecule has 0 bridgehead atoms. The average Bonchev–Trinajstić information content (AvgIpc) is 2.43. The normalized spacial score (nSPS) is 13.4. The average molecular weight is 283 g/mol. The molecule has 0 heterocycles. The monoisotopic (exact) mass is 283 g/mol. The van der Waals surface area contributed by atoms with E-state index in [1.54, 1.807) is 6.07 Å². The van der Waals surface area contributed by atoms with Crippen LogP contribution >= 0.6 is 0 Å². The summed E-state index contributed by atoms with van der Waals surface area (Å²) < 4.78 is 34.0. The zero-order chi connectivity index (χ0) is 15.2. The molecule has 20 heavy (non-hydrogen) atoms. The van der Waals surface area contributed by atoms with Crippen molar-refractivity contribution in [1.29, 1.82) is 0 Å². The van der Waals surface area contributed by atoms with Crippen LogP contribution in [0.4, 0.5) is 8.78 Å². The number of terminal acetylenes is 1. The zero-order valence-corrected chi connectivity index (χ0v) is 11.2. The van der Waals surface area contributed by atoms with Crippen LogP contribution in [0.2, 0.25) is 0 Å². The molecule has 0 saturated carbocycles. The van der Waals surface area contributed by atoms with Gasteiger partial charge in [0.25, 0.3) is 0 Å². The van der Waals surface area contributed by atoms with Crippen LogP contribution in [0.25, 0.3) is 0 Å². The molecular weight excluding hydrogens is 268 g/mol. The Hall–Kier alpha value is -2.13. The predicted octanol–water partition coefficient (Wildman–Crippen LogP) is 1.90. The molecule has 0 aliphatic rings. The molecular formula is C14H15F2NO3. The Morgan fingerprint density at radius 3 is 2.70 bits per heavy atom. The first-order chi connectivity index (χ1) is 9.45. The maximum atomic E-state index is 12.4. The molecule has 0 amide bonds. The lowest BCUT2D eigenvalue weighted by Crippen LogP contribution is -2.47. The molecule has 4 nitrogen and oxygen atoms in total. The molecule has 1 aromatic carbocycles. The van der Waals surface area contributed by atoms with E-state index in [-0.39, 0.29) is 17.9 Å². The first-order valence-electron chi connectivity index (χ1n) is 5.77. The number of hydrogen-bond acceptors (Lipinski definition) is 4. The van der Waals surface area contributed by atoms with Gasteiger partial charge in [0.15, 0.2) is 0 Å². The number of esters is 1. The van der Waals surface area contributed by atoms with Crippen LogP contribution in [0.15, 0.2) is 24.3 Å². The topological polar surface area (TPSA) is 47.6 Å². The van der Waals surface area contributed by atoms with Crippen LogP contribution in [0.3, 0.4) is 0 Å². The fourth-order valence-electron chi connectivity index (χ4n) is 1.79. The van der Waals surface area contributed by atoms with Crippen LogP contribution in [-0.4, -0.2) is 26.2 Å². The van der Waals surface area contributed by atoms with E-state index in [1.807, 2.05) is 0 Å². The molecule has 0 radical (unpaired) electrons. The second-order valence-electron chi connectivity index (χ2n) is 4.05. The number of rotatable bonds is 6. The van der Waals surface area contributed by atoms with E-state index in [9.17, 15) is 13.6 Å². The molecule has 0 aliphatic heterocycles. The molecule has 1 rings (SSSR count). The highest BCUT2D eigenvalue weighted by molar-refractivity contribution is 5.83. The van der Waals surface area contributed by atoms with E-state index >= 15 is 0 Å². The van der Waals surface area contributed by atoms with Crippen LogP contribution in [0.5, 0.6) is 5.75 Å². The number of benzene rings is 1. The van der Waals surface area contributed by atoms with Gasteiger partial charge in [0, 0.05) is 5.56 Å². The summed E-state index contributed by atoms with van der Waals surface area (Å²) in [5.74, 6) is 1.56. The summed E-state index contributed by atoms with van der Waals surface area (Å²) >= 11 is 0. The molecule has 1 aromatic rings. The zero-order valence-electron chi connectivity index (χ0n) is 11.2. The minimum atomic E-state index is -2.99. The van der Waals surface area contributed by atoms with Crippen LogP contribution in [0, 0.1) is 12.3 Å². The van der Waals surface area contributed by atoms with Gasteiger partial charge in [-0.25, -0.2) is 4.79 Å². The molecule has 1 atom stereocenters. The van der Waals surface area contributed by atoms with Gasteiger partial charge in [-0.3, -0.25) is 5.32 Å².